The van der Waals surface area contributed by atoms with Crippen molar-refractivity contribution >= 4 is 11.7 Å². The van der Waals surface area contributed by atoms with Crippen LogP contribution in [0.15, 0.2) is 29.4 Å². The van der Waals surface area contributed by atoms with Crippen molar-refractivity contribution in [3.8, 4) is 5.75 Å². The van der Waals surface area contributed by atoms with Gasteiger partial charge in [0.25, 0.3) is 0 Å². The second kappa shape index (κ2) is 5.67. The lowest BCUT2D eigenvalue weighted by atomic mass is 9.97. The summed E-state index contributed by atoms with van der Waals surface area (Å²) >= 11 is 0. The van der Waals surface area contributed by atoms with E-state index in [1.807, 2.05) is 39.0 Å². The van der Waals surface area contributed by atoms with E-state index in [4.69, 9.17) is 9.57 Å². The highest BCUT2D eigenvalue weighted by Crippen LogP contribution is 2.23. The van der Waals surface area contributed by atoms with E-state index in [1.54, 1.807) is 13.0 Å². The van der Waals surface area contributed by atoms with Gasteiger partial charge < -0.3 is 9.57 Å². The number of rotatable bonds is 3. The van der Waals surface area contributed by atoms with Gasteiger partial charge in [-0.15, -0.1) is 0 Å². The Labute approximate surface area is 108 Å². The maximum Gasteiger partial charge on any atom is 0.316 e. The van der Waals surface area contributed by atoms with Crippen LogP contribution in [0.1, 0.15) is 33.3 Å². The van der Waals surface area contributed by atoms with E-state index >= 15 is 0 Å². The normalized spacial score (nSPS) is 12.2. The maximum atomic E-state index is 11.9. The molecule has 0 fully saturated rings. The summed E-state index contributed by atoms with van der Waals surface area (Å²) in [4.78, 5) is 16.6. The number of benzene rings is 1. The first-order valence-corrected chi connectivity index (χ1v) is 5.75. The lowest BCUT2D eigenvalue weighted by Gasteiger charge is -2.17. The van der Waals surface area contributed by atoms with Crippen molar-refractivity contribution in [2.24, 2.45) is 10.6 Å². The van der Waals surface area contributed by atoms with E-state index in [0.717, 1.165) is 5.56 Å². The molecule has 18 heavy (non-hydrogen) atoms. The summed E-state index contributed by atoms with van der Waals surface area (Å²) in [5.41, 5.74) is 0.867. The van der Waals surface area contributed by atoms with Gasteiger partial charge in [0, 0.05) is 5.56 Å². The summed E-state index contributed by atoms with van der Waals surface area (Å²) in [6.45, 7) is 7.24. The largest absolute Gasteiger partial charge is 0.425 e. The Kier molecular flexibility index (Phi) is 4.48. The van der Waals surface area contributed by atoms with Crippen LogP contribution in [0.5, 0.6) is 5.75 Å². The van der Waals surface area contributed by atoms with Crippen LogP contribution in [-0.2, 0) is 9.63 Å². The average Bonchev–Trinajstić information content (AvgIpc) is 2.28. The number of oxime groups is 1. The van der Waals surface area contributed by atoms with Crippen molar-refractivity contribution in [3.05, 3.63) is 29.8 Å². The van der Waals surface area contributed by atoms with Crippen LogP contribution < -0.4 is 4.74 Å². The predicted octanol–water partition coefficient (Wildman–Crippen LogP) is 3.01. The Morgan fingerprint density at radius 1 is 1.22 bits per heavy atom. The van der Waals surface area contributed by atoms with Gasteiger partial charge in [0.15, 0.2) is 0 Å². The van der Waals surface area contributed by atoms with Crippen molar-refractivity contribution in [3.63, 3.8) is 0 Å². The number of carbonyl (C=O) groups is 1. The molecule has 4 heteroatoms. The fraction of sp³-hybridized carbons (Fsp3) is 0.429. The number of carbonyl (C=O) groups excluding carboxylic acids is 1. The van der Waals surface area contributed by atoms with Gasteiger partial charge in [-0.25, -0.2) is 0 Å². The molecule has 0 N–H and O–H groups in total. The minimum Gasteiger partial charge on any atom is -0.425 e. The first-order chi connectivity index (χ1) is 8.36. The van der Waals surface area contributed by atoms with Crippen LogP contribution in [0, 0.1) is 5.41 Å². The molecular formula is C14H19NO3. The van der Waals surface area contributed by atoms with Gasteiger partial charge in [0.05, 0.1) is 11.1 Å². The molecule has 0 radical (unpaired) electrons. The summed E-state index contributed by atoms with van der Waals surface area (Å²) in [6, 6.07) is 7.25. The van der Waals surface area contributed by atoms with E-state index < -0.39 is 5.41 Å². The zero-order valence-electron chi connectivity index (χ0n) is 11.5. The molecule has 1 aromatic carbocycles. The van der Waals surface area contributed by atoms with Crippen molar-refractivity contribution < 1.29 is 14.4 Å². The van der Waals surface area contributed by atoms with Crippen molar-refractivity contribution in [2.75, 3.05) is 7.11 Å². The Bertz CT molecular complexity index is 458. The summed E-state index contributed by atoms with van der Waals surface area (Å²) in [5.74, 6) is 0.218. The predicted molar refractivity (Wildman–Crippen MR) is 70.8 cm³/mol. The molecule has 0 heterocycles. The fourth-order valence-corrected chi connectivity index (χ4v) is 1.29. The Morgan fingerprint density at radius 2 is 1.83 bits per heavy atom. The number of hydrogen-bond acceptors (Lipinski definition) is 4. The minimum atomic E-state index is -0.542. The molecule has 0 aliphatic rings. The topological polar surface area (TPSA) is 47.9 Å². The Balaban J connectivity index is 3.04. The molecule has 0 saturated carbocycles. The first kappa shape index (κ1) is 14.2. The molecular weight excluding hydrogens is 230 g/mol. The molecule has 0 atom stereocenters. The van der Waals surface area contributed by atoms with Crippen LogP contribution in [0.3, 0.4) is 0 Å². The molecule has 1 rings (SSSR count). The molecule has 0 unspecified atom stereocenters. The van der Waals surface area contributed by atoms with Crippen LogP contribution >= 0.6 is 0 Å². The molecule has 0 spiro atoms. The third-order valence-corrected chi connectivity index (χ3v) is 2.32. The van der Waals surface area contributed by atoms with Gasteiger partial charge in [-0.1, -0.05) is 17.3 Å². The van der Waals surface area contributed by atoms with Crippen LogP contribution in [0.25, 0.3) is 0 Å². The number of ether oxygens (including phenoxy) is 1. The SMILES string of the molecule is CO/N=C(\C)c1ccccc1OC(=O)C(C)(C)C. The van der Waals surface area contributed by atoms with Gasteiger partial charge in [0.2, 0.25) is 0 Å². The number of hydrogen-bond donors (Lipinski definition) is 0. The molecule has 4 nitrogen and oxygen atoms in total. The first-order valence-electron chi connectivity index (χ1n) is 5.75. The smallest absolute Gasteiger partial charge is 0.316 e. The quantitative estimate of drug-likeness (QED) is 0.358. The number of nitrogens with zero attached hydrogens (tertiary/aromatic N) is 1. The van der Waals surface area contributed by atoms with Crippen molar-refractivity contribution in [1.29, 1.82) is 0 Å². The second-order valence-electron chi connectivity index (χ2n) is 4.99. The van der Waals surface area contributed by atoms with Gasteiger partial charge in [-0.3, -0.25) is 4.79 Å². The van der Waals surface area contributed by atoms with Gasteiger partial charge in [-0.05, 0) is 39.8 Å². The third kappa shape index (κ3) is 3.58. The Morgan fingerprint density at radius 3 is 2.39 bits per heavy atom. The fourth-order valence-electron chi connectivity index (χ4n) is 1.29. The lowest BCUT2D eigenvalue weighted by Crippen LogP contribution is -2.26. The van der Waals surface area contributed by atoms with Crippen LogP contribution in [0.2, 0.25) is 0 Å². The zero-order chi connectivity index (χ0) is 13.8. The summed E-state index contributed by atoms with van der Waals surface area (Å²) < 4.78 is 5.40. The molecule has 0 aliphatic heterocycles. The number of para-hydroxylation sites is 1. The van der Waals surface area contributed by atoms with E-state index in [-0.39, 0.29) is 5.97 Å². The average molecular weight is 249 g/mol. The standard InChI is InChI=1S/C14H19NO3/c1-10(15-17-5)11-8-6-7-9-12(11)18-13(16)14(2,3)4/h6-9H,1-5H3/b15-10+. The molecule has 98 valence electrons. The van der Waals surface area contributed by atoms with E-state index in [2.05, 4.69) is 5.16 Å². The van der Waals surface area contributed by atoms with Crippen molar-refractivity contribution in [1.82, 2.24) is 0 Å². The van der Waals surface area contributed by atoms with Crippen molar-refractivity contribution in [2.45, 2.75) is 27.7 Å². The summed E-state index contributed by atoms with van der Waals surface area (Å²) in [6.07, 6.45) is 0. The molecule has 0 saturated heterocycles. The summed E-state index contributed by atoms with van der Waals surface area (Å²) in [7, 11) is 1.48. The lowest BCUT2D eigenvalue weighted by molar-refractivity contribution is -0.143. The van der Waals surface area contributed by atoms with E-state index in [9.17, 15) is 4.79 Å². The molecule has 1 aromatic rings. The van der Waals surface area contributed by atoms with E-state index in [1.165, 1.54) is 7.11 Å². The highest BCUT2D eigenvalue weighted by Gasteiger charge is 2.24. The highest BCUT2D eigenvalue weighted by atomic mass is 16.6. The highest BCUT2D eigenvalue weighted by molar-refractivity contribution is 6.01. The van der Waals surface area contributed by atoms with Gasteiger partial charge in [0.1, 0.15) is 12.9 Å². The maximum absolute atomic E-state index is 11.9. The van der Waals surface area contributed by atoms with Crippen LogP contribution in [-0.4, -0.2) is 18.8 Å². The summed E-state index contributed by atoms with van der Waals surface area (Å²) in [5, 5.41) is 3.85. The monoisotopic (exact) mass is 249 g/mol. The second-order valence-corrected chi connectivity index (χ2v) is 4.99. The van der Waals surface area contributed by atoms with Crippen LogP contribution in [0.4, 0.5) is 0 Å². The Hall–Kier alpha value is -1.84. The molecule has 0 aromatic heterocycles. The molecule has 0 amide bonds. The van der Waals surface area contributed by atoms with Gasteiger partial charge in [-0.2, -0.15) is 0 Å². The van der Waals surface area contributed by atoms with E-state index in [0.29, 0.717) is 11.5 Å². The minimum absolute atomic E-state index is 0.278. The molecule has 0 aliphatic carbocycles. The number of esters is 1. The van der Waals surface area contributed by atoms with Gasteiger partial charge >= 0.3 is 5.97 Å². The molecule has 0 bridgehead atoms. The third-order valence-electron chi connectivity index (χ3n) is 2.32. The zero-order valence-corrected chi connectivity index (χ0v) is 11.5.